The number of nitrogens with zero attached hydrogens (tertiary/aromatic N) is 4. The van der Waals surface area contributed by atoms with Gasteiger partial charge >= 0.3 is 0 Å². The summed E-state index contributed by atoms with van der Waals surface area (Å²) in [4.78, 5) is 0. The molecule has 0 bridgehead atoms. The first-order valence-corrected chi connectivity index (χ1v) is 7.71. The lowest BCUT2D eigenvalue weighted by Crippen LogP contribution is -2.10. The molecule has 0 saturated heterocycles. The Labute approximate surface area is 125 Å². The second-order valence-corrected chi connectivity index (χ2v) is 5.70. The van der Waals surface area contributed by atoms with E-state index in [1.54, 1.807) is 0 Å². The molecule has 0 aliphatic carbocycles. The molecular formula is C15H23ClN4. The third-order valence-corrected chi connectivity index (χ3v) is 3.96. The summed E-state index contributed by atoms with van der Waals surface area (Å²) in [6.45, 7) is 7.21. The molecule has 1 atom stereocenters. The Balaban J connectivity index is 2.25. The minimum Gasteiger partial charge on any atom is -0.273 e. The smallest absolute Gasteiger partial charge is 0.0671 e. The lowest BCUT2D eigenvalue weighted by atomic mass is 10.1. The van der Waals surface area contributed by atoms with Crippen molar-refractivity contribution in [2.75, 3.05) is 0 Å². The van der Waals surface area contributed by atoms with Crippen molar-refractivity contribution in [2.24, 2.45) is 7.05 Å². The Morgan fingerprint density at radius 2 is 2.05 bits per heavy atom. The summed E-state index contributed by atoms with van der Waals surface area (Å²) in [5, 5.41) is 8.98. The molecule has 2 aromatic heterocycles. The number of halogens is 1. The molecule has 5 heteroatoms. The average Bonchev–Trinajstić information content (AvgIpc) is 2.99. The summed E-state index contributed by atoms with van der Waals surface area (Å²) in [7, 11) is 1.98. The zero-order chi connectivity index (χ0) is 14.7. The van der Waals surface area contributed by atoms with E-state index >= 15 is 0 Å². The Kier molecular flexibility index (Phi) is 4.86. The number of hydrogen-bond donors (Lipinski definition) is 0. The molecule has 0 fully saturated rings. The Morgan fingerprint density at radius 3 is 2.55 bits per heavy atom. The average molecular weight is 295 g/mol. The van der Waals surface area contributed by atoms with Crippen LogP contribution in [0.25, 0.3) is 0 Å². The molecule has 1 unspecified atom stereocenters. The van der Waals surface area contributed by atoms with Crippen molar-refractivity contribution in [3.8, 4) is 0 Å². The fourth-order valence-electron chi connectivity index (χ4n) is 2.71. The number of hydrogen-bond acceptors (Lipinski definition) is 2. The molecule has 0 saturated carbocycles. The van der Waals surface area contributed by atoms with Crippen molar-refractivity contribution < 1.29 is 0 Å². The maximum Gasteiger partial charge on any atom is 0.0671 e. The summed E-state index contributed by atoms with van der Waals surface area (Å²) < 4.78 is 4.04. The van der Waals surface area contributed by atoms with Crippen LogP contribution in [0.15, 0.2) is 12.3 Å². The fourth-order valence-corrected chi connectivity index (χ4v) is 2.96. The first-order valence-electron chi connectivity index (χ1n) is 7.27. The van der Waals surface area contributed by atoms with E-state index in [1.807, 2.05) is 24.9 Å². The summed E-state index contributed by atoms with van der Waals surface area (Å²) in [6, 6.07) is 2.06. The van der Waals surface area contributed by atoms with E-state index in [0.717, 1.165) is 31.5 Å². The molecule has 0 spiro atoms. The zero-order valence-electron chi connectivity index (χ0n) is 12.7. The maximum absolute atomic E-state index is 6.34. The number of rotatable bonds is 6. The van der Waals surface area contributed by atoms with Crippen LogP contribution in [0.1, 0.15) is 48.8 Å². The number of alkyl halides is 1. The van der Waals surface area contributed by atoms with Crippen molar-refractivity contribution >= 4 is 11.6 Å². The van der Waals surface area contributed by atoms with Crippen LogP contribution in [0.4, 0.5) is 0 Å². The lowest BCUT2D eigenvalue weighted by molar-refractivity contribution is 0.560. The van der Waals surface area contributed by atoms with Gasteiger partial charge in [0.15, 0.2) is 0 Å². The highest BCUT2D eigenvalue weighted by molar-refractivity contribution is 6.20. The molecule has 2 heterocycles. The van der Waals surface area contributed by atoms with Gasteiger partial charge in [0.2, 0.25) is 0 Å². The van der Waals surface area contributed by atoms with Crippen LogP contribution in [0.2, 0.25) is 0 Å². The zero-order valence-corrected chi connectivity index (χ0v) is 13.5. The number of aryl methyl sites for hydroxylation is 4. The van der Waals surface area contributed by atoms with E-state index in [9.17, 15) is 0 Å². The van der Waals surface area contributed by atoms with E-state index in [-0.39, 0.29) is 5.38 Å². The predicted octanol–water partition coefficient (Wildman–Crippen LogP) is 3.28. The maximum atomic E-state index is 6.34. The largest absolute Gasteiger partial charge is 0.273 e. The third kappa shape index (κ3) is 2.90. The van der Waals surface area contributed by atoms with Crippen LogP contribution in [0.3, 0.4) is 0 Å². The van der Waals surface area contributed by atoms with Crippen LogP contribution >= 0.6 is 11.6 Å². The van der Waals surface area contributed by atoms with Crippen LogP contribution in [-0.2, 0) is 32.9 Å². The Bertz CT molecular complexity index is 568. The van der Waals surface area contributed by atoms with Gasteiger partial charge in [-0.3, -0.25) is 9.36 Å². The highest BCUT2D eigenvalue weighted by Crippen LogP contribution is 2.28. The van der Waals surface area contributed by atoms with Gasteiger partial charge in [-0.25, -0.2) is 0 Å². The molecule has 0 aliphatic heterocycles. The normalized spacial score (nSPS) is 12.8. The molecule has 110 valence electrons. The SMILES string of the molecule is CCc1nn(CCc2ccnn2C)c(CC)c1C(C)Cl. The van der Waals surface area contributed by atoms with Crippen LogP contribution < -0.4 is 0 Å². The van der Waals surface area contributed by atoms with Gasteiger partial charge in [0.1, 0.15) is 0 Å². The second kappa shape index (κ2) is 6.44. The summed E-state index contributed by atoms with van der Waals surface area (Å²) in [5.74, 6) is 0. The minimum atomic E-state index is 0.0188. The molecule has 2 rings (SSSR count). The number of aromatic nitrogens is 4. The van der Waals surface area contributed by atoms with Gasteiger partial charge in [-0.2, -0.15) is 10.2 Å². The third-order valence-electron chi connectivity index (χ3n) is 3.74. The van der Waals surface area contributed by atoms with Gasteiger partial charge in [-0.15, -0.1) is 11.6 Å². The quantitative estimate of drug-likeness (QED) is 0.767. The van der Waals surface area contributed by atoms with Crippen LogP contribution in [0.5, 0.6) is 0 Å². The van der Waals surface area contributed by atoms with Gasteiger partial charge in [0.25, 0.3) is 0 Å². The first-order chi connectivity index (χ1) is 9.58. The van der Waals surface area contributed by atoms with Gasteiger partial charge in [0.05, 0.1) is 11.1 Å². The summed E-state index contributed by atoms with van der Waals surface area (Å²) in [5.41, 5.74) is 4.85. The molecule has 2 aromatic rings. The Morgan fingerprint density at radius 1 is 1.30 bits per heavy atom. The van der Waals surface area contributed by atoms with Gasteiger partial charge in [-0.05, 0) is 25.8 Å². The molecule has 0 N–H and O–H groups in total. The van der Waals surface area contributed by atoms with E-state index in [4.69, 9.17) is 16.7 Å². The van der Waals surface area contributed by atoms with E-state index in [0.29, 0.717) is 0 Å². The Hall–Kier alpha value is -1.29. The van der Waals surface area contributed by atoms with E-state index in [2.05, 4.69) is 29.7 Å². The van der Waals surface area contributed by atoms with Crippen molar-refractivity contribution in [2.45, 2.75) is 52.0 Å². The molecule has 20 heavy (non-hydrogen) atoms. The van der Waals surface area contributed by atoms with Crippen molar-refractivity contribution in [1.29, 1.82) is 0 Å². The minimum absolute atomic E-state index is 0.0188. The molecule has 0 amide bonds. The molecular weight excluding hydrogens is 272 g/mol. The highest BCUT2D eigenvalue weighted by atomic mass is 35.5. The molecule has 0 aliphatic rings. The topological polar surface area (TPSA) is 35.6 Å². The van der Waals surface area contributed by atoms with Crippen molar-refractivity contribution in [1.82, 2.24) is 19.6 Å². The molecule has 0 radical (unpaired) electrons. The van der Waals surface area contributed by atoms with Crippen LogP contribution in [0, 0.1) is 0 Å². The van der Waals surface area contributed by atoms with Gasteiger partial charge in [-0.1, -0.05) is 13.8 Å². The second-order valence-electron chi connectivity index (χ2n) is 5.05. The van der Waals surface area contributed by atoms with Crippen LogP contribution in [-0.4, -0.2) is 19.6 Å². The monoisotopic (exact) mass is 294 g/mol. The summed E-state index contributed by atoms with van der Waals surface area (Å²) >= 11 is 6.34. The fraction of sp³-hybridized carbons (Fsp3) is 0.600. The standard InChI is InChI=1S/C15H23ClN4/c1-5-13-15(11(3)16)14(6-2)20(18-13)10-8-12-7-9-17-19(12)4/h7,9,11H,5-6,8,10H2,1-4H3. The summed E-state index contributed by atoms with van der Waals surface area (Å²) in [6.07, 6.45) is 4.66. The highest BCUT2D eigenvalue weighted by Gasteiger charge is 2.19. The molecule has 0 aromatic carbocycles. The van der Waals surface area contributed by atoms with Gasteiger partial charge < -0.3 is 0 Å². The van der Waals surface area contributed by atoms with E-state index in [1.165, 1.54) is 17.0 Å². The van der Waals surface area contributed by atoms with E-state index < -0.39 is 0 Å². The van der Waals surface area contributed by atoms with Gasteiger partial charge in [0, 0.05) is 43.2 Å². The first kappa shape index (κ1) is 15.1. The molecule has 4 nitrogen and oxygen atoms in total. The van der Waals surface area contributed by atoms with Crippen molar-refractivity contribution in [3.05, 3.63) is 34.9 Å². The van der Waals surface area contributed by atoms with Crippen molar-refractivity contribution in [3.63, 3.8) is 0 Å². The lowest BCUT2D eigenvalue weighted by Gasteiger charge is -2.09. The predicted molar refractivity (Wildman–Crippen MR) is 82.2 cm³/mol.